The zero-order valence-corrected chi connectivity index (χ0v) is 12.0. The first-order valence-electron chi connectivity index (χ1n) is 8.09. The van der Waals surface area contributed by atoms with Gasteiger partial charge < -0.3 is 10.2 Å². The van der Waals surface area contributed by atoms with E-state index in [-0.39, 0.29) is 12.5 Å². The summed E-state index contributed by atoms with van der Waals surface area (Å²) in [6.07, 6.45) is 3.02. The molecule has 3 rings (SSSR count). The van der Waals surface area contributed by atoms with Crippen LogP contribution in [0.5, 0.6) is 0 Å². The van der Waals surface area contributed by atoms with Crippen LogP contribution in [-0.4, -0.2) is 42.3 Å². The molecule has 1 N–H and O–H groups in total. The van der Waals surface area contributed by atoms with Gasteiger partial charge in [0.2, 0.25) is 0 Å². The van der Waals surface area contributed by atoms with Gasteiger partial charge in [-0.05, 0) is 58.0 Å². The molecule has 20 heavy (non-hydrogen) atoms. The van der Waals surface area contributed by atoms with Gasteiger partial charge >= 0.3 is 6.18 Å². The molecule has 0 amide bonds. The van der Waals surface area contributed by atoms with Crippen LogP contribution in [0.1, 0.15) is 51.4 Å². The third kappa shape index (κ3) is 3.30. The molecular formula is C15H25F3N2. The molecule has 2 aliphatic heterocycles. The van der Waals surface area contributed by atoms with Crippen LogP contribution in [-0.2, 0) is 0 Å². The second-order valence-electron chi connectivity index (χ2n) is 6.82. The third-order valence-electron chi connectivity index (χ3n) is 5.43. The average Bonchev–Trinajstić information content (AvgIpc) is 2.85. The summed E-state index contributed by atoms with van der Waals surface area (Å²) in [5.41, 5.74) is 0. The molecule has 0 aromatic heterocycles. The number of piperidine rings is 1. The summed E-state index contributed by atoms with van der Waals surface area (Å²) < 4.78 is 38.5. The molecule has 0 bridgehead atoms. The minimum atomic E-state index is -4.00. The summed E-state index contributed by atoms with van der Waals surface area (Å²) in [5, 5.41) is 3.55. The van der Waals surface area contributed by atoms with Crippen molar-refractivity contribution in [1.82, 2.24) is 10.2 Å². The number of hydrogen-bond acceptors (Lipinski definition) is 2. The summed E-state index contributed by atoms with van der Waals surface area (Å²) >= 11 is 0. The first-order chi connectivity index (χ1) is 9.52. The Labute approximate surface area is 119 Å². The number of halogens is 3. The lowest BCUT2D eigenvalue weighted by Crippen LogP contribution is -2.50. The van der Waals surface area contributed by atoms with Gasteiger partial charge in [0.1, 0.15) is 0 Å². The SMILES string of the molecule is FC(F)(F)C1CCCC(NC2CCN3CCCC3C2)C1. The van der Waals surface area contributed by atoms with E-state index in [2.05, 4.69) is 10.2 Å². The first kappa shape index (κ1) is 14.6. The minimum absolute atomic E-state index is 0.0772. The highest BCUT2D eigenvalue weighted by atomic mass is 19.4. The molecule has 2 heterocycles. The Bertz CT molecular complexity index is 332. The predicted octanol–water partition coefficient (Wildman–Crippen LogP) is 3.32. The number of nitrogens with one attached hydrogen (secondary N) is 1. The fraction of sp³-hybridized carbons (Fsp3) is 1.00. The first-order valence-corrected chi connectivity index (χ1v) is 8.09. The molecule has 2 saturated heterocycles. The highest BCUT2D eigenvalue weighted by Crippen LogP contribution is 2.38. The molecule has 1 aliphatic carbocycles. The molecule has 0 spiro atoms. The Morgan fingerprint density at radius 1 is 0.850 bits per heavy atom. The molecule has 116 valence electrons. The maximum absolute atomic E-state index is 12.8. The zero-order chi connectivity index (χ0) is 14.2. The van der Waals surface area contributed by atoms with Gasteiger partial charge in [-0.3, -0.25) is 0 Å². The number of alkyl halides is 3. The molecule has 2 nitrogen and oxygen atoms in total. The van der Waals surface area contributed by atoms with Gasteiger partial charge in [-0.25, -0.2) is 0 Å². The Morgan fingerprint density at radius 3 is 2.45 bits per heavy atom. The maximum atomic E-state index is 12.8. The highest BCUT2D eigenvalue weighted by molar-refractivity contribution is 4.91. The predicted molar refractivity (Wildman–Crippen MR) is 72.6 cm³/mol. The van der Waals surface area contributed by atoms with E-state index in [1.165, 1.54) is 19.4 Å². The van der Waals surface area contributed by atoms with E-state index in [0.29, 0.717) is 24.9 Å². The van der Waals surface area contributed by atoms with Crippen molar-refractivity contribution in [2.75, 3.05) is 13.1 Å². The number of fused-ring (bicyclic) bond motifs is 1. The van der Waals surface area contributed by atoms with Gasteiger partial charge in [-0.1, -0.05) is 6.42 Å². The van der Waals surface area contributed by atoms with Crippen molar-refractivity contribution in [1.29, 1.82) is 0 Å². The largest absolute Gasteiger partial charge is 0.391 e. The summed E-state index contributed by atoms with van der Waals surface area (Å²) in [6.45, 7) is 2.34. The van der Waals surface area contributed by atoms with E-state index in [4.69, 9.17) is 0 Å². The summed E-state index contributed by atoms with van der Waals surface area (Å²) in [5.74, 6) is -1.08. The number of rotatable bonds is 2. The third-order valence-corrected chi connectivity index (χ3v) is 5.43. The van der Waals surface area contributed by atoms with Gasteiger partial charge in [-0.15, -0.1) is 0 Å². The van der Waals surface area contributed by atoms with E-state index in [1.807, 2.05) is 0 Å². The van der Waals surface area contributed by atoms with Crippen LogP contribution in [0.15, 0.2) is 0 Å². The van der Waals surface area contributed by atoms with Crippen LogP contribution in [0.4, 0.5) is 13.2 Å². The van der Waals surface area contributed by atoms with Crippen molar-refractivity contribution in [3.05, 3.63) is 0 Å². The topological polar surface area (TPSA) is 15.3 Å². The maximum Gasteiger partial charge on any atom is 0.391 e. The number of hydrogen-bond donors (Lipinski definition) is 1. The Kier molecular flexibility index (Phi) is 4.27. The molecule has 5 heteroatoms. The zero-order valence-electron chi connectivity index (χ0n) is 12.0. The van der Waals surface area contributed by atoms with E-state index >= 15 is 0 Å². The minimum Gasteiger partial charge on any atom is -0.311 e. The molecular weight excluding hydrogens is 265 g/mol. The second-order valence-corrected chi connectivity index (χ2v) is 6.82. The summed E-state index contributed by atoms with van der Waals surface area (Å²) in [7, 11) is 0. The monoisotopic (exact) mass is 290 g/mol. The fourth-order valence-corrected chi connectivity index (χ4v) is 4.35. The lowest BCUT2D eigenvalue weighted by atomic mass is 9.84. The van der Waals surface area contributed by atoms with Gasteiger partial charge in [0.25, 0.3) is 0 Å². The van der Waals surface area contributed by atoms with Crippen molar-refractivity contribution in [3.63, 3.8) is 0 Å². The number of nitrogens with zero attached hydrogens (tertiary/aromatic N) is 1. The van der Waals surface area contributed by atoms with Crippen LogP contribution in [0.2, 0.25) is 0 Å². The van der Waals surface area contributed by atoms with E-state index in [0.717, 1.165) is 25.8 Å². The lowest BCUT2D eigenvalue weighted by molar-refractivity contribution is -0.184. The normalized spacial score (nSPS) is 39.8. The Balaban J connectivity index is 1.50. The molecule has 3 aliphatic rings. The van der Waals surface area contributed by atoms with Crippen LogP contribution < -0.4 is 5.32 Å². The van der Waals surface area contributed by atoms with Crippen LogP contribution >= 0.6 is 0 Å². The highest BCUT2D eigenvalue weighted by Gasteiger charge is 2.42. The smallest absolute Gasteiger partial charge is 0.311 e. The van der Waals surface area contributed by atoms with Crippen LogP contribution in [0, 0.1) is 5.92 Å². The van der Waals surface area contributed by atoms with Crippen molar-refractivity contribution >= 4 is 0 Å². The van der Waals surface area contributed by atoms with Crippen molar-refractivity contribution in [3.8, 4) is 0 Å². The van der Waals surface area contributed by atoms with Crippen molar-refractivity contribution in [2.45, 2.75) is 75.7 Å². The fourth-order valence-electron chi connectivity index (χ4n) is 4.35. The van der Waals surface area contributed by atoms with Crippen LogP contribution in [0.3, 0.4) is 0 Å². The molecule has 4 atom stereocenters. The van der Waals surface area contributed by atoms with E-state index < -0.39 is 12.1 Å². The van der Waals surface area contributed by atoms with Gasteiger partial charge in [-0.2, -0.15) is 13.2 Å². The van der Waals surface area contributed by atoms with Crippen molar-refractivity contribution in [2.24, 2.45) is 5.92 Å². The summed E-state index contributed by atoms with van der Waals surface area (Å²) in [4.78, 5) is 2.55. The molecule has 1 saturated carbocycles. The second kappa shape index (κ2) is 5.84. The molecule has 0 aromatic carbocycles. The Morgan fingerprint density at radius 2 is 1.65 bits per heavy atom. The average molecular weight is 290 g/mol. The lowest BCUT2D eigenvalue weighted by Gasteiger charge is -2.39. The standard InChI is InChI=1S/C15H25F3N2/c16-15(17,18)11-3-1-4-12(9-11)19-13-6-8-20-7-2-5-14(20)10-13/h11-14,19H,1-10H2. The van der Waals surface area contributed by atoms with Crippen molar-refractivity contribution < 1.29 is 13.2 Å². The quantitative estimate of drug-likeness (QED) is 0.839. The Hall–Kier alpha value is -0.290. The van der Waals surface area contributed by atoms with Gasteiger partial charge in [0.05, 0.1) is 5.92 Å². The summed E-state index contributed by atoms with van der Waals surface area (Å²) in [6, 6.07) is 1.20. The van der Waals surface area contributed by atoms with E-state index in [1.54, 1.807) is 0 Å². The van der Waals surface area contributed by atoms with Gasteiger partial charge in [0, 0.05) is 18.1 Å². The van der Waals surface area contributed by atoms with E-state index in [9.17, 15) is 13.2 Å². The molecule has 0 radical (unpaired) electrons. The van der Waals surface area contributed by atoms with Crippen LogP contribution in [0.25, 0.3) is 0 Å². The molecule has 4 unspecified atom stereocenters. The molecule has 3 fully saturated rings. The van der Waals surface area contributed by atoms with Gasteiger partial charge in [0.15, 0.2) is 0 Å². The molecule has 0 aromatic rings.